The van der Waals surface area contributed by atoms with Gasteiger partial charge < -0.3 is 15.2 Å². The monoisotopic (exact) mass is 386 g/mol. The van der Waals surface area contributed by atoms with Crippen LogP contribution >= 0.6 is 11.3 Å². The van der Waals surface area contributed by atoms with Crippen molar-refractivity contribution in [3.05, 3.63) is 57.2 Å². The highest BCUT2D eigenvalue weighted by Crippen LogP contribution is 2.34. The second-order valence-corrected chi connectivity index (χ2v) is 7.29. The van der Waals surface area contributed by atoms with Crippen molar-refractivity contribution < 1.29 is 14.0 Å². The number of anilines is 1. The molecule has 0 bridgehead atoms. The number of aromatic nitrogens is 2. The molecule has 2 N–H and O–H groups in total. The highest BCUT2D eigenvalue weighted by molar-refractivity contribution is 7.17. The molecule has 0 radical (unpaired) electrons. The Morgan fingerprint density at radius 2 is 2.19 bits per heavy atom. The summed E-state index contributed by atoms with van der Waals surface area (Å²) in [6.07, 6.45) is -0.0185. The van der Waals surface area contributed by atoms with E-state index in [2.05, 4.69) is 15.3 Å². The van der Waals surface area contributed by atoms with Gasteiger partial charge in [-0.1, -0.05) is 6.07 Å². The fourth-order valence-electron chi connectivity index (χ4n) is 3.22. The van der Waals surface area contributed by atoms with Crippen molar-refractivity contribution in [1.29, 1.82) is 0 Å². The average molecular weight is 386 g/mol. The predicted octanol–water partition coefficient (Wildman–Crippen LogP) is 2.21. The van der Waals surface area contributed by atoms with Gasteiger partial charge >= 0.3 is 0 Å². The van der Waals surface area contributed by atoms with E-state index in [4.69, 9.17) is 0 Å². The molecule has 27 heavy (non-hydrogen) atoms. The maximum absolute atomic E-state index is 13.4. The van der Waals surface area contributed by atoms with Crippen LogP contribution in [0, 0.1) is 5.82 Å². The van der Waals surface area contributed by atoms with Crippen LogP contribution in [0.25, 0.3) is 10.2 Å². The topological polar surface area (TPSA) is 95.2 Å². The van der Waals surface area contributed by atoms with Crippen LogP contribution in [0.3, 0.4) is 0 Å². The highest BCUT2D eigenvalue weighted by atomic mass is 32.1. The normalized spacial score (nSPS) is 16.1. The molecule has 3 aromatic rings. The molecule has 9 heteroatoms. The fourth-order valence-corrected chi connectivity index (χ4v) is 3.95. The van der Waals surface area contributed by atoms with Gasteiger partial charge in [-0.05, 0) is 29.1 Å². The first-order valence-electron chi connectivity index (χ1n) is 8.23. The van der Waals surface area contributed by atoms with Gasteiger partial charge in [0.15, 0.2) is 0 Å². The van der Waals surface area contributed by atoms with Crippen LogP contribution in [-0.4, -0.2) is 33.7 Å². The zero-order chi connectivity index (χ0) is 19.1. The third kappa shape index (κ3) is 3.21. The molecule has 2 aromatic heterocycles. The van der Waals surface area contributed by atoms with Crippen LogP contribution in [0.15, 0.2) is 34.4 Å². The van der Waals surface area contributed by atoms with E-state index in [1.165, 1.54) is 34.4 Å². The zero-order valence-electron chi connectivity index (χ0n) is 14.3. The lowest BCUT2D eigenvalue weighted by atomic mass is 9.89. The molecule has 7 nitrogen and oxygen atoms in total. The summed E-state index contributed by atoms with van der Waals surface area (Å²) in [7, 11) is 1.58. The summed E-state index contributed by atoms with van der Waals surface area (Å²) < 4.78 is 14.0. The number of H-pyrrole nitrogens is 1. The Kier molecular flexibility index (Phi) is 4.23. The first-order valence-corrected chi connectivity index (χ1v) is 9.11. The van der Waals surface area contributed by atoms with Crippen molar-refractivity contribution in [2.45, 2.75) is 18.9 Å². The number of hydrogen-bond acceptors (Lipinski definition) is 5. The van der Waals surface area contributed by atoms with E-state index < -0.39 is 11.7 Å². The molecule has 138 valence electrons. The zero-order valence-corrected chi connectivity index (χ0v) is 15.1. The van der Waals surface area contributed by atoms with Gasteiger partial charge in [0.2, 0.25) is 11.8 Å². The number of nitrogens with zero attached hydrogens (tertiary/aromatic N) is 2. The van der Waals surface area contributed by atoms with Crippen LogP contribution in [0.1, 0.15) is 23.7 Å². The summed E-state index contributed by atoms with van der Waals surface area (Å²) in [5.41, 5.74) is 1.22. The van der Waals surface area contributed by atoms with E-state index in [0.29, 0.717) is 27.3 Å². The molecule has 0 saturated heterocycles. The Morgan fingerprint density at radius 1 is 1.37 bits per heavy atom. The summed E-state index contributed by atoms with van der Waals surface area (Å²) >= 11 is 1.30. The van der Waals surface area contributed by atoms with Crippen LogP contribution in [0.4, 0.5) is 10.1 Å². The lowest BCUT2D eigenvalue weighted by Gasteiger charge is -2.28. The summed E-state index contributed by atoms with van der Waals surface area (Å²) in [5.74, 6) is -1.48. The minimum absolute atomic E-state index is 0.0185. The lowest BCUT2D eigenvalue weighted by Crippen LogP contribution is -2.36. The number of fused-ring (bicyclic) bond motifs is 2. The van der Waals surface area contributed by atoms with Crippen molar-refractivity contribution in [1.82, 2.24) is 14.9 Å². The Bertz CT molecular complexity index is 1120. The molecule has 0 aliphatic carbocycles. The third-order valence-electron chi connectivity index (χ3n) is 4.48. The van der Waals surface area contributed by atoms with Crippen LogP contribution in [0.2, 0.25) is 0 Å². The molecule has 1 aromatic carbocycles. The number of carbonyl (C=O) groups is 2. The van der Waals surface area contributed by atoms with E-state index in [1.54, 1.807) is 18.5 Å². The Balaban J connectivity index is 1.60. The number of likely N-dealkylation sites (N-methyl/N-ethyl adjacent to an activating group) is 1. The fraction of sp³-hybridized carbons (Fsp3) is 0.222. The van der Waals surface area contributed by atoms with E-state index in [1.807, 2.05) is 0 Å². The molecule has 0 fully saturated rings. The molecule has 4 rings (SSSR count). The molecule has 3 heterocycles. The smallest absolute Gasteiger partial charge is 0.268 e. The quantitative estimate of drug-likeness (QED) is 0.721. The first kappa shape index (κ1) is 17.3. The van der Waals surface area contributed by atoms with E-state index in [9.17, 15) is 18.8 Å². The lowest BCUT2D eigenvalue weighted by molar-refractivity contribution is -0.134. The number of rotatable bonds is 3. The van der Waals surface area contributed by atoms with Crippen molar-refractivity contribution >= 4 is 39.1 Å². The Hall–Kier alpha value is -3.07. The van der Waals surface area contributed by atoms with E-state index >= 15 is 0 Å². The van der Waals surface area contributed by atoms with Crippen molar-refractivity contribution in [3.8, 4) is 0 Å². The number of hydrogen-bond donors (Lipinski definition) is 2. The van der Waals surface area contributed by atoms with Crippen molar-refractivity contribution in [2.75, 3.05) is 12.4 Å². The van der Waals surface area contributed by atoms with Crippen LogP contribution in [-0.2, 0) is 16.1 Å². The van der Waals surface area contributed by atoms with Crippen LogP contribution < -0.4 is 10.9 Å². The number of halogens is 1. The minimum Gasteiger partial charge on any atom is -0.338 e. The summed E-state index contributed by atoms with van der Waals surface area (Å²) in [4.78, 5) is 45.4. The van der Waals surface area contributed by atoms with E-state index in [-0.39, 0.29) is 30.3 Å². The average Bonchev–Trinajstić information content (AvgIpc) is 3.09. The SMILES string of the molecule is CN(Cc1nc2ccsc2c(=O)[nH]1)C(=O)C1CC(=O)Nc2cc(F)ccc21. The number of benzene rings is 1. The van der Waals surface area contributed by atoms with Gasteiger partial charge in [0.25, 0.3) is 5.56 Å². The molecule has 0 saturated carbocycles. The largest absolute Gasteiger partial charge is 0.338 e. The first-order chi connectivity index (χ1) is 12.9. The molecule has 1 aliphatic heterocycles. The molecule has 1 aliphatic rings. The predicted molar refractivity (Wildman–Crippen MR) is 99.1 cm³/mol. The maximum atomic E-state index is 13.4. The van der Waals surface area contributed by atoms with Gasteiger partial charge in [0.1, 0.15) is 16.3 Å². The van der Waals surface area contributed by atoms with Crippen molar-refractivity contribution in [2.24, 2.45) is 0 Å². The molecule has 1 atom stereocenters. The minimum atomic E-state index is -0.712. The Labute approximate surface area is 156 Å². The second-order valence-electron chi connectivity index (χ2n) is 6.38. The van der Waals surface area contributed by atoms with Gasteiger partial charge in [-0.2, -0.15) is 0 Å². The van der Waals surface area contributed by atoms with Crippen molar-refractivity contribution in [3.63, 3.8) is 0 Å². The number of nitrogens with one attached hydrogen (secondary N) is 2. The van der Waals surface area contributed by atoms with Gasteiger partial charge in [-0.15, -0.1) is 11.3 Å². The molecular weight excluding hydrogens is 371 g/mol. The molecule has 2 amide bonds. The Morgan fingerprint density at radius 3 is 3.00 bits per heavy atom. The second kappa shape index (κ2) is 6.58. The number of aromatic amines is 1. The van der Waals surface area contributed by atoms with Gasteiger partial charge in [-0.25, -0.2) is 9.37 Å². The highest BCUT2D eigenvalue weighted by Gasteiger charge is 2.33. The summed E-state index contributed by atoms with van der Waals surface area (Å²) in [6.45, 7) is 0.0918. The summed E-state index contributed by atoms with van der Waals surface area (Å²) in [6, 6.07) is 5.73. The van der Waals surface area contributed by atoms with Crippen LogP contribution in [0.5, 0.6) is 0 Å². The molecule has 0 spiro atoms. The summed E-state index contributed by atoms with van der Waals surface area (Å²) in [5, 5.41) is 4.37. The van der Waals surface area contributed by atoms with E-state index in [0.717, 1.165) is 0 Å². The number of thiophene rings is 1. The molecule has 1 unspecified atom stereocenters. The number of carbonyl (C=O) groups excluding carboxylic acids is 2. The number of amides is 2. The van der Waals surface area contributed by atoms with Gasteiger partial charge in [-0.3, -0.25) is 14.4 Å². The van der Waals surface area contributed by atoms with Gasteiger partial charge in [0, 0.05) is 19.2 Å². The maximum Gasteiger partial charge on any atom is 0.268 e. The molecular formula is C18H15FN4O3S. The standard InChI is InChI=1S/C18H15FN4O3S/c1-23(8-14-20-12-4-5-27-16(12)17(25)22-14)18(26)11-7-15(24)21-13-6-9(19)2-3-10(11)13/h2-6,11H,7-8H2,1H3,(H,21,24)(H,20,22,25). The van der Waals surface area contributed by atoms with Gasteiger partial charge in [0.05, 0.1) is 18.0 Å². The third-order valence-corrected chi connectivity index (χ3v) is 5.38.